The number of rotatable bonds is 2. The van der Waals surface area contributed by atoms with Gasteiger partial charge in [-0.15, -0.1) is 0 Å². The third kappa shape index (κ3) is 2.71. The number of thiazole rings is 1. The molecule has 118 valence electrons. The van der Waals surface area contributed by atoms with Gasteiger partial charge in [0, 0.05) is 32.4 Å². The van der Waals surface area contributed by atoms with Gasteiger partial charge in [0.15, 0.2) is 21.3 Å². The first kappa shape index (κ1) is 14.3. The quantitative estimate of drug-likeness (QED) is 0.761. The molecule has 0 aromatic carbocycles. The lowest BCUT2D eigenvalue weighted by Crippen LogP contribution is -2.44. The molecule has 7 nitrogen and oxygen atoms in total. The normalized spacial score (nSPS) is 16.1. The molecular formula is C15H16N6OS. The molecule has 1 aliphatic rings. The van der Waals surface area contributed by atoms with E-state index in [4.69, 9.17) is 0 Å². The van der Waals surface area contributed by atoms with Gasteiger partial charge in [-0.25, -0.2) is 9.97 Å². The lowest BCUT2D eigenvalue weighted by Gasteiger charge is -2.31. The highest BCUT2D eigenvalue weighted by molar-refractivity contribution is 7.21. The molecule has 0 amide bonds. The highest BCUT2D eigenvalue weighted by Gasteiger charge is 2.19. The molecule has 0 saturated carbocycles. The smallest absolute Gasteiger partial charge is 0.278 e. The van der Waals surface area contributed by atoms with Gasteiger partial charge < -0.3 is 14.8 Å². The van der Waals surface area contributed by atoms with Crippen molar-refractivity contribution < 1.29 is 0 Å². The molecule has 0 unspecified atom stereocenters. The minimum atomic E-state index is -0.215. The summed E-state index contributed by atoms with van der Waals surface area (Å²) in [6.45, 7) is 3.83. The van der Waals surface area contributed by atoms with E-state index in [1.54, 1.807) is 6.20 Å². The first-order valence-corrected chi connectivity index (χ1v) is 8.28. The van der Waals surface area contributed by atoms with Crippen molar-refractivity contribution in [3.8, 4) is 11.5 Å². The van der Waals surface area contributed by atoms with Gasteiger partial charge in [0.2, 0.25) is 0 Å². The fourth-order valence-electron chi connectivity index (χ4n) is 2.58. The van der Waals surface area contributed by atoms with Gasteiger partial charge >= 0.3 is 0 Å². The van der Waals surface area contributed by atoms with Crippen molar-refractivity contribution in [1.82, 2.24) is 24.8 Å². The number of pyridine rings is 1. The Morgan fingerprint density at radius 2 is 2.00 bits per heavy atom. The molecule has 0 bridgehead atoms. The van der Waals surface area contributed by atoms with Crippen molar-refractivity contribution in [2.24, 2.45) is 0 Å². The Morgan fingerprint density at radius 3 is 2.74 bits per heavy atom. The lowest BCUT2D eigenvalue weighted by atomic mass is 10.3. The largest absolute Gasteiger partial charge is 0.345 e. The van der Waals surface area contributed by atoms with Crippen LogP contribution in [0.1, 0.15) is 0 Å². The van der Waals surface area contributed by atoms with Crippen LogP contribution in [0, 0.1) is 0 Å². The third-order valence-electron chi connectivity index (χ3n) is 3.94. The molecule has 1 fully saturated rings. The number of hydrogen-bond acceptors (Lipinski definition) is 7. The Hall–Kier alpha value is -2.32. The van der Waals surface area contributed by atoms with Crippen molar-refractivity contribution in [3.63, 3.8) is 0 Å². The molecule has 1 saturated heterocycles. The van der Waals surface area contributed by atoms with E-state index in [2.05, 4.69) is 36.8 Å². The SMILES string of the molecule is CN1CCN(c2nc3c(=O)[nH]c(-c4ccccn4)nc3s2)CC1. The summed E-state index contributed by atoms with van der Waals surface area (Å²) in [7, 11) is 2.11. The summed E-state index contributed by atoms with van der Waals surface area (Å²) in [5.41, 5.74) is 0.844. The van der Waals surface area contributed by atoms with Gasteiger partial charge in [0.1, 0.15) is 5.69 Å². The highest BCUT2D eigenvalue weighted by Crippen LogP contribution is 2.27. The predicted molar refractivity (Wildman–Crippen MR) is 91.0 cm³/mol. The van der Waals surface area contributed by atoms with E-state index in [9.17, 15) is 4.79 Å². The summed E-state index contributed by atoms with van der Waals surface area (Å²) >= 11 is 1.47. The standard InChI is InChI=1S/C15H16N6OS/c1-20-6-8-21(9-7-20)15-17-11-13(22)18-12(19-14(11)23-15)10-4-2-3-5-16-10/h2-5H,6-9H2,1H3,(H,18,19,22). The van der Waals surface area contributed by atoms with Gasteiger partial charge in [-0.2, -0.15) is 0 Å². The van der Waals surface area contributed by atoms with Gasteiger partial charge in [-0.05, 0) is 19.2 Å². The number of likely N-dealkylation sites (N-methyl/N-ethyl adjacent to an activating group) is 1. The number of aromatic nitrogens is 4. The molecule has 3 aromatic rings. The van der Waals surface area contributed by atoms with E-state index in [0.29, 0.717) is 21.9 Å². The topological polar surface area (TPSA) is 78.0 Å². The summed E-state index contributed by atoms with van der Waals surface area (Å²) < 4.78 is 0. The van der Waals surface area contributed by atoms with Gasteiger partial charge in [0.25, 0.3) is 5.56 Å². The van der Waals surface area contributed by atoms with Crippen molar-refractivity contribution in [2.75, 3.05) is 38.1 Å². The third-order valence-corrected chi connectivity index (χ3v) is 4.95. The van der Waals surface area contributed by atoms with E-state index >= 15 is 0 Å². The fourth-order valence-corrected chi connectivity index (χ4v) is 3.57. The second-order valence-corrected chi connectivity index (χ2v) is 6.53. The number of piperazine rings is 1. The molecule has 0 aliphatic carbocycles. The van der Waals surface area contributed by atoms with Gasteiger partial charge in [-0.3, -0.25) is 9.78 Å². The highest BCUT2D eigenvalue weighted by atomic mass is 32.1. The van der Waals surface area contributed by atoms with Crippen LogP contribution in [0.15, 0.2) is 29.2 Å². The second kappa shape index (κ2) is 5.71. The van der Waals surface area contributed by atoms with E-state index < -0.39 is 0 Å². The molecule has 0 spiro atoms. The van der Waals surface area contributed by atoms with E-state index in [1.165, 1.54) is 11.3 Å². The molecule has 1 N–H and O–H groups in total. The minimum Gasteiger partial charge on any atom is -0.345 e. The summed E-state index contributed by atoms with van der Waals surface area (Å²) in [6, 6.07) is 5.53. The number of anilines is 1. The monoisotopic (exact) mass is 328 g/mol. The fraction of sp³-hybridized carbons (Fsp3) is 0.333. The van der Waals surface area contributed by atoms with Crippen molar-refractivity contribution >= 4 is 26.8 Å². The van der Waals surface area contributed by atoms with Crippen LogP contribution in [-0.2, 0) is 0 Å². The van der Waals surface area contributed by atoms with Crippen LogP contribution in [0.4, 0.5) is 5.13 Å². The maximum absolute atomic E-state index is 12.3. The van der Waals surface area contributed by atoms with Crippen molar-refractivity contribution in [1.29, 1.82) is 0 Å². The Labute approximate surface area is 136 Å². The molecule has 3 aromatic heterocycles. The molecular weight excluding hydrogens is 312 g/mol. The molecule has 1 aliphatic heterocycles. The van der Waals surface area contributed by atoms with Crippen LogP contribution in [-0.4, -0.2) is 58.1 Å². The molecule has 0 radical (unpaired) electrons. The average Bonchev–Trinajstić information content (AvgIpc) is 3.01. The number of aromatic amines is 1. The Kier molecular flexibility index (Phi) is 3.55. The van der Waals surface area contributed by atoms with Crippen LogP contribution in [0.3, 0.4) is 0 Å². The zero-order valence-electron chi connectivity index (χ0n) is 12.7. The average molecular weight is 328 g/mol. The Balaban J connectivity index is 1.74. The summed E-state index contributed by atoms with van der Waals surface area (Å²) in [5, 5.41) is 0.865. The van der Waals surface area contributed by atoms with Crippen molar-refractivity contribution in [2.45, 2.75) is 0 Å². The van der Waals surface area contributed by atoms with Crippen LogP contribution in [0.5, 0.6) is 0 Å². The van der Waals surface area contributed by atoms with Crippen LogP contribution < -0.4 is 10.5 Å². The molecule has 23 heavy (non-hydrogen) atoms. The number of H-pyrrole nitrogens is 1. The van der Waals surface area contributed by atoms with E-state index in [1.807, 2.05) is 18.2 Å². The zero-order chi connectivity index (χ0) is 15.8. The summed E-state index contributed by atoms with van der Waals surface area (Å²) in [4.78, 5) is 33.5. The van der Waals surface area contributed by atoms with Crippen LogP contribution in [0.25, 0.3) is 21.9 Å². The van der Waals surface area contributed by atoms with Crippen LogP contribution >= 0.6 is 11.3 Å². The van der Waals surface area contributed by atoms with E-state index in [-0.39, 0.29) is 5.56 Å². The summed E-state index contributed by atoms with van der Waals surface area (Å²) in [6.07, 6.45) is 1.68. The lowest BCUT2D eigenvalue weighted by molar-refractivity contribution is 0.313. The van der Waals surface area contributed by atoms with Crippen molar-refractivity contribution in [3.05, 3.63) is 34.7 Å². The van der Waals surface area contributed by atoms with E-state index in [0.717, 1.165) is 31.3 Å². The maximum Gasteiger partial charge on any atom is 0.278 e. The first-order valence-electron chi connectivity index (χ1n) is 7.46. The first-order chi connectivity index (χ1) is 11.2. The van der Waals surface area contributed by atoms with Crippen LogP contribution in [0.2, 0.25) is 0 Å². The maximum atomic E-state index is 12.3. The predicted octanol–water partition coefficient (Wildman–Crippen LogP) is 1.19. The number of fused-ring (bicyclic) bond motifs is 1. The minimum absolute atomic E-state index is 0.215. The molecule has 8 heteroatoms. The van der Waals surface area contributed by atoms with Gasteiger partial charge in [-0.1, -0.05) is 17.4 Å². The van der Waals surface area contributed by atoms with Gasteiger partial charge in [0.05, 0.1) is 0 Å². The summed E-state index contributed by atoms with van der Waals surface area (Å²) in [5.74, 6) is 0.483. The zero-order valence-corrected chi connectivity index (χ0v) is 13.5. The molecule has 4 rings (SSSR count). The Bertz CT molecular complexity index is 882. The Morgan fingerprint density at radius 1 is 1.17 bits per heavy atom. The second-order valence-electron chi connectivity index (χ2n) is 5.57. The molecule has 0 atom stereocenters. The number of nitrogens with zero attached hydrogens (tertiary/aromatic N) is 5. The number of nitrogens with one attached hydrogen (secondary N) is 1. The number of hydrogen-bond donors (Lipinski definition) is 1. The molecule has 4 heterocycles.